The van der Waals surface area contributed by atoms with Crippen molar-refractivity contribution in [2.45, 2.75) is 26.8 Å². The predicted molar refractivity (Wildman–Crippen MR) is 102 cm³/mol. The maximum absolute atomic E-state index is 13.0. The molecule has 3 rings (SSSR count). The number of aromatic nitrogens is 2. The van der Waals surface area contributed by atoms with Crippen LogP contribution in [0.15, 0.2) is 58.4 Å². The first-order valence-corrected chi connectivity index (χ1v) is 8.61. The van der Waals surface area contributed by atoms with E-state index in [9.17, 15) is 14.0 Å². The van der Waals surface area contributed by atoms with Gasteiger partial charge in [-0.1, -0.05) is 37.3 Å². The van der Waals surface area contributed by atoms with Crippen LogP contribution >= 0.6 is 0 Å². The molecule has 0 saturated heterocycles. The molecule has 0 bridgehead atoms. The number of nitrogens with zero attached hydrogens (tertiary/aromatic N) is 3. The summed E-state index contributed by atoms with van der Waals surface area (Å²) in [6, 6.07) is 12.7. The second-order valence-electron chi connectivity index (χ2n) is 6.07. The zero-order chi connectivity index (χ0) is 19.4. The second kappa shape index (κ2) is 7.90. The lowest BCUT2D eigenvalue weighted by Crippen LogP contribution is -2.29. The van der Waals surface area contributed by atoms with Crippen LogP contribution in [0.5, 0.6) is 0 Å². The van der Waals surface area contributed by atoms with E-state index in [1.165, 1.54) is 16.8 Å². The third kappa shape index (κ3) is 3.92. The van der Waals surface area contributed by atoms with Crippen LogP contribution in [0, 0.1) is 5.82 Å². The number of halogens is 1. The van der Waals surface area contributed by atoms with Gasteiger partial charge in [0, 0.05) is 11.9 Å². The van der Waals surface area contributed by atoms with E-state index in [2.05, 4.69) is 15.6 Å². The summed E-state index contributed by atoms with van der Waals surface area (Å²) >= 11 is 0. The summed E-state index contributed by atoms with van der Waals surface area (Å²) in [5.41, 5.74) is 3.59. The largest absolute Gasteiger partial charge is 0.292 e. The molecular formula is C20H19FN4O2. The van der Waals surface area contributed by atoms with Gasteiger partial charge in [0.2, 0.25) is 0 Å². The van der Waals surface area contributed by atoms with Crippen molar-refractivity contribution in [2.75, 3.05) is 0 Å². The summed E-state index contributed by atoms with van der Waals surface area (Å²) in [6.45, 7) is 4.05. The van der Waals surface area contributed by atoms with E-state index in [0.29, 0.717) is 35.0 Å². The Labute approximate surface area is 155 Å². The highest BCUT2D eigenvalue weighted by Gasteiger charge is 2.16. The molecule has 1 N–H and O–H groups in total. The molecule has 0 aliphatic heterocycles. The molecule has 0 saturated carbocycles. The van der Waals surface area contributed by atoms with Crippen LogP contribution in [0.25, 0.3) is 10.8 Å². The molecule has 0 atom stereocenters. The molecule has 3 aromatic rings. The van der Waals surface area contributed by atoms with E-state index in [4.69, 9.17) is 0 Å². The molecule has 27 heavy (non-hydrogen) atoms. The van der Waals surface area contributed by atoms with E-state index in [1.54, 1.807) is 43.3 Å². The number of fused-ring (bicyclic) bond motifs is 1. The van der Waals surface area contributed by atoms with Gasteiger partial charge in [-0.3, -0.25) is 9.59 Å². The van der Waals surface area contributed by atoms with E-state index < -0.39 is 5.91 Å². The molecule has 1 aromatic heterocycles. The third-order valence-electron chi connectivity index (χ3n) is 4.11. The Morgan fingerprint density at radius 3 is 2.48 bits per heavy atom. The Morgan fingerprint density at radius 2 is 1.81 bits per heavy atom. The number of rotatable bonds is 5. The van der Waals surface area contributed by atoms with Crippen LogP contribution in [-0.4, -0.2) is 21.4 Å². The molecule has 6 nitrogen and oxygen atoms in total. The summed E-state index contributed by atoms with van der Waals surface area (Å²) in [4.78, 5) is 25.1. The van der Waals surface area contributed by atoms with Crippen LogP contribution in [-0.2, 0) is 6.54 Å². The molecule has 7 heteroatoms. The topological polar surface area (TPSA) is 76.3 Å². The predicted octanol–water partition coefficient (Wildman–Crippen LogP) is 3.10. The van der Waals surface area contributed by atoms with Gasteiger partial charge in [0.15, 0.2) is 5.69 Å². The van der Waals surface area contributed by atoms with Crippen molar-refractivity contribution in [3.63, 3.8) is 0 Å². The fourth-order valence-electron chi connectivity index (χ4n) is 2.71. The van der Waals surface area contributed by atoms with E-state index in [0.717, 1.165) is 0 Å². The van der Waals surface area contributed by atoms with Crippen LogP contribution in [0.1, 0.15) is 36.3 Å². The molecule has 1 amide bonds. The van der Waals surface area contributed by atoms with Gasteiger partial charge in [-0.2, -0.15) is 10.2 Å². The van der Waals surface area contributed by atoms with Gasteiger partial charge in [-0.05, 0) is 37.1 Å². The molecule has 0 aliphatic rings. The smallest absolute Gasteiger partial charge is 0.267 e. The molecule has 138 valence electrons. The number of hydrogen-bond donors (Lipinski definition) is 1. The number of amides is 1. The van der Waals surface area contributed by atoms with Crippen molar-refractivity contribution in [1.29, 1.82) is 0 Å². The maximum atomic E-state index is 13.0. The van der Waals surface area contributed by atoms with Crippen molar-refractivity contribution in [2.24, 2.45) is 5.10 Å². The van der Waals surface area contributed by atoms with Crippen LogP contribution in [0.3, 0.4) is 0 Å². The normalized spacial score (nSPS) is 11.6. The van der Waals surface area contributed by atoms with Gasteiger partial charge in [0.25, 0.3) is 11.5 Å². The van der Waals surface area contributed by atoms with Crippen molar-refractivity contribution >= 4 is 22.4 Å². The lowest BCUT2D eigenvalue weighted by molar-refractivity contribution is 0.0949. The van der Waals surface area contributed by atoms with Gasteiger partial charge < -0.3 is 0 Å². The van der Waals surface area contributed by atoms with Crippen molar-refractivity contribution in [3.05, 3.63) is 76.0 Å². The number of benzene rings is 2. The number of aryl methyl sites for hydroxylation is 1. The molecular weight excluding hydrogens is 347 g/mol. The van der Waals surface area contributed by atoms with Crippen LogP contribution in [0.4, 0.5) is 4.39 Å². The van der Waals surface area contributed by atoms with Crippen molar-refractivity contribution in [3.8, 4) is 0 Å². The first kappa shape index (κ1) is 18.4. The number of carbonyl (C=O) groups is 1. The molecule has 0 fully saturated rings. The first-order chi connectivity index (χ1) is 13.0. The molecule has 0 unspecified atom stereocenters. The van der Waals surface area contributed by atoms with Gasteiger partial charge in [0.05, 0.1) is 11.1 Å². The zero-order valence-corrected chi connectivity index (χ0v) is 15.1. The molecule has 1 heterocycles. The summed E-state index contributed by atoms with van der Waals surface area (Å²) in [5.74, 6) is -0.859. The fraction of sp³-hybridized carbons (Fsp3) is 0.200. The highest BCUT2D eigenvalue weighted by molar-refractivity contribution is 6.06. The minimum atomic E-state index is -0.516. The monoisotopic (exact) mass is 366 g/mol. The Kier molecular flexibility index (Phi) is 5.40. The fourth-order valence-corrected chi connectivity index (χ4v) is 2.71. The number of hydrogen-bond acceptors (Lipinski definition) is 4. The third-order valence-corrected chi connectivity index (χ3v) is 4.11. The zero-order valence-electron chi connectivity index (χ0n) is 15.1. The van der Waals surface area contributed by atoms with Gasteiger partial charge in [-0.25, -0.2) is 14.5 Å². The van der Waals surface area contributed by atoms with Gasteiger partial charge >= 0.3 is 0 Å². The minimum absolute atomic E-state index is 0.134. The SMILES string of the molecule is CCCn1nc(C(=O)N/N=C(/C)c2ccc(F)cc2)c2ccccc2c1=O. The molecule has 0 radical (unpaired) electrons. The number of nitrogens with one attached hydrogen (secondary N) is 1. The Bertz CT molecular complexity index is 1070. The molecule has 0 spiro atoms. The van der Waals surface area contributed by atoms with E-state index in [-0.39, 0.29) is 17.1 Å². The Hall–Kier alpha value is -3.35. The van der Waals surface area contributed by atoms with Crippen molar-refractivity contribution in [1.82, 2.24) is 15.2 Å². The van der Waals surface area contributed by atoms with Gasteiger partial charge in [0.1, 0.15) is 5.82 Å². The highest BCUT2D eigenvalue weighted by Crippen LogP contribution is 2.13. The van der Waals surface area contributed by atoms with Crippen molar-refractivity contribution < 1.29 is 9.18 Å². The summed E-state index contributed by atoms with van der Waals surface area (Å²) < 4.78 is 14.3. The van der Waals surface area contributed by atoms with E-state index in [1.807, 2.05) is 6.92 Å². The quantitative estimate of drug-likeness (QED) is 0.557. The lowest BCUT2D eigenvalue weighted by atomic mass is 10.1. The lowest BCUT2D eigenvalue weighted by Gasteiger charge is -2.09. The Balaban J connectivity index is 1.95. The number of hydrazone groups is 1. The highest BCUT2D eigenvalue weighted by atomic mass is 19.1. The minimum Gasteiger partial charge on any atom is -0.267 e. The first-order valence-electron chi connectivity index (χ1n) is 8.61. The number of carbonyl (C=O) groups excluding carboxylic acids is 1. The summed E-state index contributed by atoms with van der Waals surface area (Å²) in [7, 11) is 0. The second-order valence-corrected chi connectivity index (χ2v) is 6.07. The molecule has 0 aliphatic carbocycles. The summed E-state index contributed by atoms with van der Waals surface area (Å²) in [5, 5.41) is 9.21. The van der Waals surface area contributed by atoms with E-state index >= 15 is 0 Å². The maximum Gasteiger partial charge on any atom is 0.292 e. The van der Waals surface area contributed by atoms with Crippen LogP contribution in [0.2, 0.25) is 0 Å². The molecule has 2 aromatic carbocycles. The Morgan fingerprint density at radius 1 is 1.15 bits per heavy atom. The van der Waals surface area contributed by atoms with Gasteiger partial charge in [-0.15, -0.1) is 0 Å². The average molecular weight is 366 g/mol. The summed E-state index contributed by atoms with van der Waals surface area (Å²) in [6.07, 6.45) is 0.716. The average Bonchev–Trinajstić information content (AvgIpc) is 2.68. The van der Waals surface area contributed by atoms with Crippen LogP contribution < -0.4 is 11.0 Å². The standard InChI is InChI=1S/C20H19FN4O2/c1-3-12-25-20(27)17-7-5-4-6-16(17)18(24-25)19(26)23-22-13(2)14-8-10-15(21)11-9-14/h4-11H,3,12H2,1-2H3,(H,23,26)/b22-13-.